The summed E-state index contributed by atoms with van der Waals surface area (Å²) >= 11 is 0. The minimum absolute atomic E-state index is 0.0883. The van der Waals surface area contributed by atoms with Gasteiger partial charge >= 0.3 is 5.97 Å². The van der Waals surface area contributed by atoms with Crippen LogP contribution in [0.25, 0.3) is 0 Å². The molecule has 5 aliphatic carbocycles. The third-order valence-electron chi connectivity index (χ3n) is 15.3. The molecule has 7 heteroatoms. The molecule has 5 saturated carbocycles. The van der Waals surface area contributed by atoms with Crippen molar-refractivity contribution in [2.45, 2.75) is 149 Å². The first kappa shape index (κ1) is 32.9. The second-order valence-corrected chi connectivity index (χ2v) is 17.7. The molecule has 0 aromatic carbocycles. The topological polar surface area (TPSA) is 94.5 Å². The molecule has 0 aromatic heterocycles. The molecule has 0 aromatic rings. The van der Waals surface area contributed by atoms with Gasteiger partial charge in [0.1, 0.15) is 12.2 Å². The zero-order chi connectivity index (χ0) is 32.3. The molecule has 44 heavy (non-hydrogen) atoms. The summed E-state index contributed by atoms with van der Waals surface area (Å²) in [5, 5.41) is 23.5. The second kappa shape index (κ2) is 10.5. The van der Waals surface area contributed by atoms with Crippen molar-refractivity contribution in [3.8, 4) is 0 Å². The van der Waals surface area contributed by atoms with E-state index >= 15 is 0 Å². The van der Waals surface area contributed by atoms with Gasteiger partial charge in [-0.3, -0.25) is 0 Å². The van der Waals surface area contributed by atoms with Crippen LogP contribution in [-0.2, 0) is 23.7 Å². The number of methoxy groups -OCH3 is 2. The highest BCUT2D eigenvalue weighted by molar-refractivity contribution is 5.82. The SMILES string of the molecule is CO[C@@H]1O[C@@H]([C@@H](O)C(C)(C)OC)C[C@H]1[C@@H]1CC[C@]23C[C@]12CC[C@@H]1[C@@]2(C)CC[C@@H](OC(=O)C=C(C)C)C(C)(C)[C@@H]2C[C@@H](O)[C@]13C. The summed E-state index contributed by atoms with van der Waals surface area (Å²) in [6, 6.07) is 0. The fourth-order valence-corrected chi connectivity index (χ4v) is 12.9. The van der Waals surface area contributed by atoms with Gasteiger partial charge in [0.25, 0.3) is 0 Å². The molecule has 1 heterocycles. The Morgan fingerprint density at radius 3 is 2.34 bits per heavy atom. The highest BCUT2D eigenvalue weighted by atomic mass is 16.7. The molecule has 0 amide bonds. The van der Waals surface area contributed by atoms with Crippen LogP contribution in [-0.4, -0.2) is 66.7 Å². The number of hydrogen-bond donors (Lipinski definition) is 2. The van der Waals surface area contributed by atoms with E-state index in [1.165, 1.54) is 12.8 Å². The number of ether oxygens (including phenoxy) is 4. The highest BCUT2D eigenvalue weighted by Crippen LogP contribution is 2.91. The van der Waals surface area contributed by atoms with Crippen molar-refractivity contribution in [1.29, 1.82) is 0 Å². The molecule has 1 aliphatic heterocycles. The van der Waals surface area contributed by atoms with Gasteiger partial charge in [0.05, 0.1) is 17.8 Å². The molecule has 13 atom stereocenters. The van der Waals surface area contributed by atoms with E-state index in [-0.39, 0.29) is 69.5 Å². The van der Waals surface area contributed by atoms with Crippen LogP contribution in [0.1, 0.15) is 113 Å². The van der Waals surface area contributed by atoms with Gasteiger partial charge in [-0.05, 0) is 119 Å². The average Bonchev–Trinajstić information content (AvgIpc) is 3.27. The van der Waals surface area contributed by atoms with E-state index < -0.39 is 11.7 Å². The molecule has 6 rings (SSSR count). The van der Waals surface area contributed by atoms with E-state index in [2.05, 4.69) is 27.7 Å². The van der Waals surface area contributed by atoms with Gasteiger partial charge in [0.2, 0.25) is 0 Å². The molecule has 6 aliphatic rings. The molecule has 6 fully saturated rings. The standard InChI is InChI=1S/C37H60O7/c1-21(2)17-29(39)44-28-13-14-34(7)25-12-15-36-20-37(36,35(25,8)27(38)19-26(34)32(28,3)4)16-11-23(36)22-18-24(43-31(22)41-9)30(40)33(5,6)42-10/h17,22-28,30-31,38,40H,11-16,18-20H2,1-10H3/t22-,23-,24+,25+,26-,27+,28+,30+,31+,34+,35-,36+,37+/m0/s1. The molecular weight excluding hydrogens is 556 g/mol. The molecule has 0 unspecified atom stereocenters. The summed E-state index contributed by atoms with van der Waals surface area (Å²) in [4.78, 5) is 12.7. The Morgan fingerprint density at radius 1 is 1.00 bits per heavy atom. The molecule has 250 valence electrons. The Labute approximate surface area is 265 Å². The Morgan fingerprint density at radius 2 is 1.70 bits per heavy atom. The molecule has 0 bridgehead atoms. The van der Waals surface area contributed by atoms with Crippen LogP contribution in [0.2, 0.25) is 0 Å². The zero-order valence-corrected chi connectivity index (χ0v) is 29.1. The first-order valence-electron chi connectivity index (χ1n) is 17.4. The third-order valence-corrected chi connectivity index (χ3v) is 15.3. The second-order valence-electron chi connectivity index (χ2n) is 17.7. The Kier molecular flexibility index (Phi) is 7.86. The maximum atomic E-state index is 12.7. The lowest BCUT2D eigenvalue weighted by atomic mass is 9.37. The molecule has 1 saturated heterocycles. The minimum atomic E-state index is -0.733. The Bertz CT molecular complexity index is 1170. The van der Waals surface area contributed by atoms with Crippen molar-refractivity contribution in [3.63, 3.8) is 0 Å². The average molecular weight is 617 g/mol. The largest absolute Gasteiger partial charge is 0.459 e. The molecule has 7 nitrogen and oxygen atoms in total. The molecule has 0 radical (unpaired) electrons. The van der Waals surface area contributed by atoms with Gasteiger partial charge in [-0.2, -0.15) is 0 Å². The number of carbonyl (C=O) groups excluding carboxylic acids is 1. The minimum Gasteiger partial charge on any atom is -0.459 e. The van der Waals surface area contributed by atoms with E-state index in [0.29, 0.717) is 11.8 Å². The summed E-state index contributed by atoms with van der Waals surface area (Å²) in [6.07, 6.45) is 8.94. The van der Waals surface area contributed by atoms with Crippen LogP contribution >= 0.6 is 0 Å². The van der Waals surface area contributed by atoms with E-state index in [4.69, 9.17) is 18.9 Å². The van der Waals surface area contributed by atoms with Crippen LogP contribution in [0.4, 0.5) is 0 Å². The van der Waals surface area contributed by atoms with Crippen molar-refractivity contribution < 1.29 is 34.0 Å². The van der Waals surface area contributed by atoms with Crippen molar-refractivity contribution in [2.24, 2.45) is 50.7 Å². The van der Waals surface area contributed by atoms with Crippen LogP contribution in [0, 0.1) is 50.7 Å². The number of fused-ring (bicyclic) bond motifs is 3. The lowest BCUT2D eigenvalue weighted by Gasteiger charge is -2.68. The van der Waals surface area contributed by atoms with E-state index in [1.807, 2.05) is 27.7 Å². The quantitative estimate of drug-likeness (QED) is 0.251. The Hall–Kier alpha value is -0.990. The van der Waals surface area contributed by atoms with Crippen molar-refractivity contribution >= 4 is 5.97 Å². The number of rotatable bonds is 7. The predicted octanol–water partition coefficient (Wildman–Crippen LogP) is 6.44. The fourth-order valence-electron chi connectivity index (χ4n) is 12.9. The van der Waals surface area contributed by atoms with E-state index in [1.54, 1.807) is 20.3 Å². The lowest BCUT2D eigenvalue weighted by Crippen LogP contribution is -2.66. The van der Waals surface area contributed by atoms with Crippen molar-refractivity contribution in [3.05, 3.63) is 11.6 Å². The smallest absolute Gasteiger partial charge is 0.330 e. The predicted molar refractivity (Wildman–Crippen MR) is 168 cm³/mol. The number of carbonyl (C=O) groups is 1. The first-order chi connectivity index (χ1) is 20.4. The van der Waals surface area contributed by atoms with E-state index in [9.17, 15) is 15.0 Å². The van der Waals surface area contributed by atoms with Gasteiger partial charge < -0.3 is 29.2 Å². The number of esters is 1. The molecule has 0 spiro atoms. The summed E-state index contributed by atoms with van der Waals surface area (Å²) in [5.74, 6) is 1.17. The van der Waals surface area contributed by atoms with Crippen molar-refractivity contribution in [2.75, 3.05) is 14.2 Å². The number of aliphatic hydroxyl groups is 2. The number of allylic oxidation sites excluding steroid dienone is 1. The summed E-state index contributed by atoms with van der Waals surface area (Å²) in [5.41, 5.74) is 0.322. The first-order valence-corrected chi connectivity index (χ1v) is 17.4. The van der Waals surface area contributed by atoms with Gasteiger partial charge in [-0.1, -0.05) is 33.3 Å². The van der Waals surface area contributed by atoms with E-state index in [0.717, 1.165) is 50.5 Å². The van der Waals surface area contributed by atoms with Gasteiger partial charge in [-0.15, -0.1) is 0 Å². The monoisotopic (exact) mass is 616 g/mol. The molecular formula is C37H60O7. The third kappa shape index (κ3) is 4.27. The van der Waals surface area contributed by atoms with Crippen LogP contribution in [0.5, 0.6) is 0 Å². The number of hydrogen-bond acceptors (Lipinski definition) is 7. The van der Waals surface area contributed by atoms with Crippen LogP contribution < -0.4 is 0 Å². The Balaban J connectivity index is 1.26. The normalized spacial score (nSPS) is 49.6. The van der Waals surface area contributed by atoms with Crippen molar-refractivity contribution in [1.82, 2.24) is 0 Å². The highest BCUT2D eigenvalue weighted by Gasteiger charge is 2.86. The molecule has 2 N–H and O–H groups in total. The van der Waals surface area contributed by atoms with Crippen LogP contribution in [0.15, 0.2) is 11.6 Å². The fraction of sp³-hybridized carbons (Fsp3) is 0.919. The van der Waals surface area contributed by atoms with Crippen LogP contribution in [0.3, 0.4) is 0 Å². The summed E-state index contributed by atoms with van der Waals surface area (Å²) < 4.78 is 24.1. The maximum absolute atomic E-state index is 12.7. The van der Waals surface area contributed by atoms with Gasteiger partial charge in [0, 0.05) is 37.0 Å². The summed E-state index contributed by atoms with van der Waals surface area (Å²) in [7, 11) is 3.38. The number of aliphatic hydroxyl groups excluding tert-OH is 2. The lowest BCUT2D eigenvalue weighted by molar-refractivity contribution is -0.245. The van der Waals surface area contributed by atoms with Gasteiger partial charge in [0.15, 0.2) is 6.29 Å². The van der Waals surface area contributed by atoms with Gasteiger partial charge in [-0.25, -0.2) is 4.79 Å². The summed E-state index contributed by atoms with van der Waals surface area (Å²) in [6.45, 7) is 17.2. The zero-order valence-electron chi connectivity index (χ0n) is 29.1. The maximum Gasteiger partial charge on any atom is 0.330 e.